The van der Waals surface area contributed by atoms with E-state index in [-0.39, 0.29) is 12.6 Å². The van der Waals surface area contributed by atoms with Crippen molar-refractivity contribution in [2.75, 3.05) is 6.61 Å². The van der Waals surface area contributed by atoms with Gasteiger partial charge in [-0.25, -0.2) is 0 Å². The minimum Gasteiger partial charge on any atom is -0.396 e. The van der Waals surface area contributed by atoms with Gasteiger partial charge in [-0.2, -0.15) is 0 Å². The van der Waals surface area contributed by atoms with E-state index >= 15 is 0 Å². The maximum atomic E-state index is 8.68. The molecule has 0 bridgehead atoms. The van der Waals surface area contributed by atoms with Crippen molar-refractivity contribution in [3.05, 3.63) is 29.8 Å². The summed E-state index contributed by atoms with van der Waals surface area (Å²) < 4.78 is 0. The van der Waals surface area contributed by atoms with Crippen molar-refractivity contribution in [3.63, 3.8) is 0 Å². The van der Waals surface area contributed by atoms with Crippen molar-refractivity contribution in [1.29, 1.82) is 0 Å². The van der Waals surface area contributed by atoms with Crippen LogP contribution in [-0.4, -0.2) is 11.7 Å². The van der Waals surface area contributed by atoms with Crippen molar-refractivity contribution in [2.24, 2.45) is 5.73 Å². The standard InChI is InChI=1S/C9H13NOS/c10-8(5-6-11)7-3-1-2-4-9(7)12/h1-4,8,11-12H,5-6,10H2/t8-/m0/s1. The summed E-state index contributed by atoms with van der Waals surface area (Å²) in [6.07, 6.45) is 0.581. The molecule has 0 radical (unpaired) electrons. The maximum absolute atomic E-state index is 8.68. The van der Waals surface area contributed by atoms with Gasteiger partial charge in [-0.05, 0) is 18.1 Å². The van der Waals surface area contributed by atoms with E-state index in [0.29, 0.717) is 6.42 Å². The van der Waals surface area contributed by atoms with Gasteiger partial charge in [0.25, 0.3) is 0 Å². The van der Waals surface area contributed by atoms with Crippen molar-refractivity contribution in [2.45, 2.75) is 17.4 Å². The molecule has 3 N–H and O–H groups in total. The van der Waals surface area contributed by atoms with Crippen LogP contribution in [0.15, 0.2) is 29.2 Å². The average Bonchev–Trinajstić information content (AvgIpc) is 2.05. The second kappa shape index (κ2) is 4.50. The largest absolute Gasteiger partial charge is 0.396 e. The second-order valence-electron chi connectivity index (χ2n) is 2.68. The SMILES string of the molecule is N[C@@H](CCO)c1ccccc1S. The first-order chi connectivity index (χ1) is 5.75. The van der Waals surface area contributed by atoms with Crippen LogP contribution in [0.1, 0.15) is 18.0 Å². The Balaban J connectivity index is 2.79. The van der Waals surface area contributed by atoms with E-state index in [9.17, 15) is 0 Å². The van der Waals surface area contributed by atoms with Gasteiger partial charge < -0.3 is 10.8 Å². The van der Waals surface area contributed by atoms with Crippen LogP contribution in [0.3, 0.4) is 0 Å². The first-order valence-electron chi connectivity index (χ1n) is 3.90. The smallest absolute Gasteiger partial charge is 0.0449 e. The lowest BCUT2D eigenvalue weighted by Gasteiger charge is -2.11. The molecule has 1 atom stereocenters. The van der Waals surface area contributed by atoms with Crippen molar-refractivity contribution < 1.29 is 5.11 Å². The molecule has 66 valence electrons. The summed E-state index contributed by atoms with van der Waals surface area (Å²) in [6, 6.07) is 7.56. The van der Waals surface area contributed by atoms with Gasteiger partial charge in [0, 0.05) is 17.5 Å². The zero-order valence-electron chi connectivity index (χ0n) is 6.77. The van der Waals surface area contributed by atoms with Crippen LogP contribution in [0, 0.1) is 0 Å². The van der Waals surface area contributed by atoms with Crippen LogP contribution in [0.4, 0.5) is 0 Å². The van der Waals surface area contributed by atoms with Gasteiger partial charge >= 0.3 is 0 Å². The van der Waals surface area contributed by atoms with E-state index in [0.717, 1.165) is 10.5 Å². The molecule has 0 aromatic heterocycles. The maximum Gasteiger partial charge on any atom is 0.0449 e. The van der Waals surface area contributed by atoms with Gasteiger partial charge in [0.1, 0.15) is 0 Å². The predicted octanol–water partition coefficient (Wildman–Crippen LogP) is 1.36. The zero-order chi connectivity index (χ0) is 8.97. The molecule has 0 aliphatic rings. The fourth-order valence-electron chi connectivity index (χ4n) is 1.10. The Morgan fingerprint density at radius 1 is 1.42 bits per heavy atom. The number of hydrogen-bond acceptors (Lipinski definition) is 3. The molecule has 0 heterocycles. The van der Waals surface area contributed by atoms with Gasteiger partial charge in [0.15, 0.2) is 0 Å². The summed E-state index contributed by atoms with van der Waals surface area (Å²) in [5.41, 5.74) is 6.79. The summed E-state index contributed by atoms with van der Waals surface area (Å²) in [5, 5.41) is 8.68. The second-order valence-corrected chi connectivity index (χ2v) is 3.16. The van der Waals surface area contributed by atoms with E-state index in [1.165, 1.54) is 0 Å². The zero-order valence-corrected chi connectivity index (χ0v) is 7.67. The molecular weight excluding hydrogens is 170 g/mol. The molecule has 2 nitrogen and oxygen atoms in total. The predicted molar refractivity (Wildman–Crippen MR) is 52.3 cm³/mol. The Hall–Kier alpha value is -0.510. The van der Waals surface area contributed by atoms with Gasteiger partial charge in [-0.15, -0.1) is 12.6 Å². The Morgan fingerprint density at radius 3 is 2.67 bits per heavy atom. The molecule has 12 heavy (non-hydrogen) atoms. The minimum atomic E-state index is -0.108. The van der Waals surface area contributed by atoms with E-state index in [1.807, 2.05) is 24.3 Å². The molecule has 0 spiro atoms. The number of thiol groups is 1. The molecule has 0 saturated carbocycles. The molecule has 0 amide bonds. The quantitative estimate of drug-likeness (QED) is 0.620. The monoisotopic (exact) mass is 183 g/mol. The highest BCUT2D eigenvalue weighted by Gasteiger charge is 2.06. The third-order valence-corrected chi connectivity index (χ3v) is 2.18. The fourth-order valence-corrected chi connectivity index (χ4v) is 1.42. The molecule has 0 aliphatic carbocycles. The van der Waals surface area contributed by atoms with E-state index in [2.05, 4.69) is 12.6 Å². The summed E-state index contributed by atoms with van der Waals surface area (Å²) >= 11 is 4.27. The molecule has 1 aromatic rings. The van der Waals surface area contributed by atoms with Crippen LogP contribution in [0.5, 0.6) is 0 Å². The van der Waals surface area contributed by atoms with Crippen LogP contribution in [0.25, 0.3) is 0 Å². The van der Waals surface area contributed by atoms with Crippen molar-refractivity contribution in [1.82, 2.24) is 0 Å². The number of aliphatic hydroxyl groups is 1. The van der Waals surface area contributed by atoms with E-state index in [1.54, 1.807) is 0 Å². The lowest BCUT2D eigenvalue weighted by atomic mass is 10.1. The molecule has 1 rings (SSSR count). The van der Waals surface area contributed by atoms with Crippen LogP contribution < -0.4 is 5.73 Å². The number of nitrogens with two attached hydrogens (primary N) is 1. The van der Waals surface area contributed by atoms with Crippen LogP contribution in [-0.2, 0) is 0 Å². The van der Waals surface area contributed by atoms with Crippen molar-refractivity contribution >= 4 is 12.6 Å². The molecular formula is C9H13NOS. The molecule has 0 fully saturated rings. The topological polar surface area (TPSA) is 46.2 Å². The fraction of sp³-hybridized carbons (Fsp3) is 0.333. The highest BCUT2D eigenvalue weighted by atomic mass is 32.1. The Bertz CT molecular complexity index is 252. The third-order valence-electron chi connectivity index (χ3n) is 1.78. The lowest BCUT2D eigenvalue weighted by molar-refractivity contribution is 0.276. The number of aliphatic hydroxyl groups excluding tert-OH is 1. The number of rotatable bonds is 3. The first-order valence-corrected chi connectivity index (χ1v) is 4.34. The number of benzene rings is 1. The highest BCUT2D eigenvalue weighted by Crippen LogP contribution is 2.20. The normalized spacial score (nSPS) is 12.9. The van der Waals surface area contributed by atoms with E-state index in [4.69, 9.17) is 10.8 Å². The van der Waals surface area contributed by atoms with Gasteiger partial charge in [-0.1, -0.05) is 18.2 Å². The average molecular weight is 183 g/mol. The van der Waals surface area contributed by atoms with Crippen LogP contribution in [0.2, 0.25) is 0 Å². The molecule has 1 aromatic carbocycles. The highest BCUT2D eigenvalue weighted by molar-refractivity contribution is 7.80. The van der Waals surface area contributed by atoms with Gasteiger partial charge in [0.2, 0.25) is 0 Å². The molecule has 3 heteroatoms. The lowest BCUT2D eigenvalue weighted by Crippen LogP contribution is -2.12. The van der Waals surface area contributed by atoms with Crippen LogP contribution >= 0.6 is 12.6 Å². The van der Waals surface area contributed by atoms with Crippen molar-refractivity contribution in [3.8, 4) is 0 Å². The Morgan fingerprint density at radius 2 is 2.08 bits per heavy atom. The summed E-state index contributed by atoms with van der Waals surface area (Å²) in [6.45, 7) is 0.114. The Kier molecular flexibility index (Phi) is 3.59. The molecule has 0 unspecified atom stereocenters. The third kappa shape index (κ3) is 2.24. The minimum absolute atomic E-state index is 0.108. The molecule has 0 aliphatic heterocycles. The summed E-state index contributed by atoms with van der Waals surface area (Å²) in [5.74, 6) is 0. The first kappa shape index (κ1) is 9.58. The van der Waals surface area contributed by atoms with Gasteiger partial charge in [-0.3, -0.25) is 0 Å². The summed E-state index contributed by atoms with van der Waals surface area (Å²) in [7, 11) is 0. The summed E-state index contributed by atoms with van der Waals surface area (Å²) in [4.78, 5) is 0.887. The van der Waals surface area contributed by atoms with Gasteiger partial charge in [0.05, 0.1) is 0 Å². The Labute approximate surface area is 77.8 Å². The number of hydrogen-bond donors (Lipinski definition) is 3. The van der Waals surface area contributed by atoms with E-state index < -0.39 is 0 Å². The molecule has 0 saturated heterocycles.